The maximum Gasteiger partial charge on any atom is 0.335 e. The van der Waals surface area contributed by atoms with E-state index in [9.17, 15) is 4.79 Å². The molecule has 0 aliphatic carbocycles. The molecule has 0 atom stereocenters. The molecule has 4 aromatic rings. The number of aromatic nitrogens is 1. The molecule has 0 radical (unpaired) electrons. The van der Waals surface area contributed by atoms with E-state index < -0.39 is 5.97 Å². The normalized spacial score (nSPS) is 10.7. The molecule has 2 aromatic heterocycles. The fraction of sp³-hybridized carbons (Fsp3) is 0.136. The van der Waals surface area contributed by atoms with E-state index in [4.69, 9.17) is 9.52 Å². The van der Waals surface area contributed by atoms with Gasteiger partial charge in [0.15, 0.2) is 0 Å². The predicted octanol–water partition coefficient (Wildman–Crippen LogP) is 4.88. The molecule has 6 heteroatoms. The summed E-state index contributed by atoms with van der Waals surface area (Å²) in [7, 11) is 0. The Morgan fingerprint density at radius 2 is 1.93 bits per heavy atom. The summed E-state index contributed by atoms with van der Waals surface area (Å²) in [6.07, 6.45) is 2.99. The Kier molecular flexibility index (Phi) is 6.19. The first-order valence-corrected chi connectivity index (χ1v) is 8.89. The zero-order valence-electron chi connectivity index (χ0n) is 15.1. The van der Waals surface area contributed by atoms with Gasteiger partial charge in [0.2, 0.25) is 0 Å². The van der Waals surface area contributed by atoms with Crippen LogP contribution in [0, 0.1) is 0 Å². The molecule has 0 fully saturated rings. The molecule has 28 heavy (non-hydrogen) atoms. The van der Waals surface area contributed by atoms with Crippen LogP contribution in [-0.4, -0.2) is 22.6 Å². The first-order chi connectivity index (χ1) is 13.2. The van der Waals surface area contributed by atoms with Crippen molar-refractivity contribution in [2.24, 2.45) is 0 Å². The molecule has 0 unspecified atom stereocenters. The second-order valence-corrected chi connectivity index (χ2v) is 6.44. The van der Waals surface area contributed by atoms with Gasteiger partial charge in [-0.15, -0.1) is 12.4 Å². The molecule has 3 N–H and O–H groups in total. The lowest BCUT2D eigenvalue weighted by Gasteiger charge is -2.03. The fourth-order valence-corrected chi connectivity index (χ4v) is 3.21. The lowest BCUT2D eigenvalue weighted by Crippen LogP contribution is -2.16. The lowest BCUT2D eigenvalue weighted by molar-refractivity contribution is 0.0697. The predicted molar refractivity (Wildman–Crippen MR) is 112 cm³/mol. The van der Waals surface area contributed by atoms with Gasteiger partial charge in [0.25, 0.3) is 0 Å². The number of hydrogen-bond acceptors (Lipinski definition) is 3. The summed E-state index contributed by atoms with van der Waals surface area (Å²) in [4.78, 5) is 14.4. The second-order valence-electron chi connectivity index (χ2n) is 6.44. The van der Waals surface area contributed by atoms with Crippen LogP contribution in [0.3, 0.4) is 0 Å². The molecular weight excluding hydrogens is 376 g/mol. The molecule has 0 aliphatic heterocycles. The largest absolute Gasteiger partial charge is 0.478 e. The van der Waals surface area contributed by atoms with Crippen molar-refractivity contribution in [3.63, 3.8) is 0 Å². The Bertz CT molecular complexity index is 1080. The molecule has 0 amide bonds. The topological polar surface area (TPSA) is 78.3 Å². The van der Waals surface area contributed by atoms with Gasteiger partial charge in [-0.1, -0.05) is 30.3 Å². The third-order valence-corrected chi connectivity index (χ3v) is 4.60. The molecule has 144 valence electrons. The maximum atomic E-state index is 11.1. The Balaban J connectivity index is 0.00000225. The molecule has 0 aliphatic rings. The highest BCUT2D eigenvalue weighted by atomic mass is 35.5. The van der Waals surface area contributed by atoms with E-state index in [1.54, 1.807) is 18.2 Å². The summed E-state index contributed by atoms with van der Waals surface area (Å²) >= 11 is 0. The van der Waals surface area contributed by atoms with Crippen molar-refractivity contribution in [3.8, 4) is 11.3 Å². The number of nitrogens with one attached hydrogen (secondary N) is 2. The van der Waals surface area contributed by atoms with Crippen LogP contribution in [0.5, 0.6) is 0 Å². The molecule has 0 saturated carbocycles. The number of benzene rings is 2. The van der Waals surface area contributed by atoms with E-state index in [0.717, 1.165) is 29.8 Å². The van der Waals surface area contributed by atoms with Gasteiger partial charge in [-0.05, 0) is 48.9 Å². The van der Waals surface area contributed by atoms with Crippen molar-refractivity contribution in [1.29, 1.82) is 0 Å². The van der Waals surface area contributed by atoms with Crippen molar-refractivity contribution in [3.05, 3.63) is 83.7 Å². The number of furan rings is 1. The van der Waals surface area contributed by atoms with E-state index in [-0.39, 0.29) is 18.0 Å². The number of rotatable bonds is 7. The van der Waals surface area contributed by atoms with Crippen LogP contribution >= 0.6 is 12.4 Å². The summed E-state index contributed by atoms with van der Waals surface area (Å²) < 4.78 is 5.85. The Morgan fingerprint density at radius 1 is 1.07 bits per heavy atom. The number of fused-ring (bicyclic) bond motifs is 1. The van der Waals surface area contributed by atoms with Crippen LogP contribution in [0.4, 0.5) is 0 Å². The quantitative estimate of drug-likeness (QED) is 0.389. The monoisotopic (exact) mass is 396 g/mol. The molecule has 2 aromatic carbocycles. The minimum Gasteiger partial charge on any atom is -0.478 e. The van der Waals surface area contributed by atoms with Gasteiger partial charge >= 0.3 is 5.97 Å². The number of hydrogen-bond donors (Lipinski definition) is 3. The second kappa shape index (κ2) is 8.78. The van der Waals surface area contributed by atoms with E-state index in [0.29, 0.717) is 12.3 Å². The zero-order chi connectivity index (χ0) is 18.6. The van der Waals surface area contributed by atoms with Crippen molar-refractivity contribution in [1.82, 2.24) is 10.3 Å². The van der Waals surface area contributed by atoms with Gasteiger partial charge in [0.1, 0.15) is 11.5 Å². The number of carbonyl (C=O) groups is 1. The molecule has 2 heterocycles. The van der Waals surface area contributed by atoms with Gasteiger partial charge in [-0.2, -0.15) is 0 Å². The zero-order valence-corrected chi connectivity index (χ0v) is 16.0. The number of para-hydroxylation sites is 1. The molecule has 0 bridgehead atoms. The molecule has 5 nitrogen and oxygen atoms in total. The minimum atomic E-state index is -0.942. The first kappa shape index (κ1) is 19.7. The average Bonchev–Trinajstić information content (AvgIpc) is 3.33. The van der Waals surface area contributed by atoms with E-state index in [1.165, 1.54) is 10.9 Å². The number of aromatic carboxylic acids is 1. The third kappa shape index (κ3) is 4.27. The van der Waals surface area contributed by atoms with Gasteiger partial charge in [0, 0.05) is 22.7 Å². The van der Waals surface area contributed by atoms with E-state index >= 15 is 0 Å². The minimum absolute atomic E-state index is 0. The third-order valence-electron chi connectivity index (χ3n) is 4.60. The van der Waals surface area contributed by atoms with Crippen LogP contribution in [0.15, 0.2) is 71.3 Å². The average molecular weight is 397 g/mol. The van der Waals surface area contributed by atoms with Gasteiger partial charge < -0.3 is 19.8 Å². The molecule has 0 saturated heterocycles. The van der Waals surface area contributed by atoms with E-state index in [1.807, 2.05) is 24.3 Å². The van der Waals surface area contributed by atoms with Gasteiger partial charge in [0.05, 0.1) is 12.1 Å². The standard InChI is InChI=1S/C22H20N2O3.ClH/c25-22(26)16-5-3-4-15(12-16)21-9-8-18(27-21)14-23-11-10-17-13-24-20-7-2-1-6-19(17)20;/h1-9,12-13,23-24H,10-11,14H2,(H,25,26);1H. The van der Waals surface area contributed by atoms with Gasteiger partial charge in [-0.25, -0.2) is 4.79 Å². The van der Waals surface area contributed by atoms with Crippen LogP contribution in [0.25, 0.3) is 22.2 Å². The summed E-state index contributed by atoms with van der Waals surface area (Å²) in [5.74, 6) is 0.554. The van der Waals surface area contributed by atoms with E-state index in [2.05, 4.69) is 34.7 Å². The van der Waals surface area contributed by atoms with Crippen LogP contribution < -0.4 is 5.32 Å². The Hall–Kier alpha value is -3.02. The summed E-state index contributed by atoms with van der Waals surface area (Å²) in [6, 6.07) is 18.8. The van der Waals surface area contributed by atoms with Crippen LogP contribution in [-0.2, 0) is 13.0 Å². The maximum absolute atomic E-state index is 11.1. The first-order valence-electron chi connectivity index (χ1n) is 8.89. The highest BCUT2D eigenvalue weighted by Crippen LogP contribution is 2.23. The van der Waals surface area contributed by atoms with Crippen LogP contribution in [0.1, 0.15) is 21.7 Å². The Morgan fingerprint density at radius 3 is 2.79 bits per heavy atom. The van der Waals surface area contributed by atoms with Crippen LogP contribution in [0.2, 0.25) is 0 Å². The number of aromatic amines is 1. The molecule has 0 spiro atoms. The summed E-state index contributed by atoms with van der Waals surface area (Å²) in [5, 5.41) is 13.8. The van der Waals surface area contributed by atoms with Crippen molar-refractivity contribution < 1.29 is 14.3 Å². The highest BCUT2D eigenvalue weighted by molar-refractivity contribution is 5.89. The molecule has 4 rings (SSSR count). The number of halogens is 1. The fourth-order valence-electron chi connectivity index (χ4n) is 3.21. The molecular formula is C22H21ClN2O3. The Labute approximate surface area is 168 Å². The smallest absolute Gasteiger partial charge is 0.335 e. The number of carboxylic acids is 1. The number of carboxylic acid groups (broad SMARTS) is 1. The number of H-pyrrole nitrogens is 1. The SMILES string of the molecule is Cl.O=C(O)c1cccc(-c2ccc(CNCCc3c[nH]c4ccccc34)o2)c1. The summed E-state index contributed by atoms with van der Waals surface area (Å²) in [5.41, 5.74) is 3.47. The van der Waals surface area contributed by atoms with Crippen molar-refractivity contribution in [2.45, 2.75) is 13.0 Å². The van der Waals surface area contributed by atoms with Gasteiger partial charge in [-0.3, -0.25) is 0 Å². The van der Waals surface area contributed by atoms with Crippen molar-refractivity contribution in [2.75, 3.05) is 6.54 Å². The van der Waals surface area contributed by atoms with Crippen molar-refractivity contribution >= 4 is 29.3 Å². The highest BCUT2D eigenvalue weighted by Gasteiger charge is 2.09. The lowest BCUT2D eigenvalue weighted by atomic mass is 10.1. The summed E-state index contributed by atoms with van der Waals surface area (Å²) in [6.45, 7) is 1.47.